The van der Waals surface area contributed by atoms with E-state index in [1.807, 2.05) is 0 Å². The number of hydrogen-bond acceptors (Lipinski definition) is 3. The third kappa shape index (κ3) is 2.62. The zero-order valence-corrected chi connectivity index (χ0v) is 20.6. The fourth-order valence-electron chi connectivity index (χ4n) is 10.6. The molecule has 7 saturated carbocycles. The predicted octanol–water partition coefficient (Wildman–Crippen LogP) is 5.10. The van der Waals surface area contributed by atoms with E-state index in [0.717, 1.165) is 49.5 Å². The zero-order valence-electron chi connectivity index (χ0n) is 20.6. The first-order valence-electron chi connectivity index (χ1n) is 13.8. The summed E-state index contributed by atoms with van der Waals surface area (Å²) < 4.78 is 13.5. The van der Waals surface area contributed by atoms with Gasteiger partial charge in [-0.15, -0.1) is 0 Å². The lowest BCUT2D eigenvalue weighted by Crippen LogP contribution is -2.65. The molecular formula is C27H42BNO3. The van der Waals surface area contributed by atoms with Gasteiger partial charge in [-0.2, -0.15) is 0 Å². The smallest absolute Gasteiger partial charge is 0.404 e. The molecule has 0 aromatic heterocycles. The van der Waals surface area contributed by atoms with Gasteiger partial charge in [0.05, 0.1) is 17.6 Å². The molecule has 6 bridgehead atoms. The Morgan fingerprint density at radius 3 is 2.28 bits per heavy atom. The van der Waals surface area contributed by atoms with Crippen LogP contribution in [0.5, 0.6) is 0 Å². The van der Waals surface area contributed by atoms with Gasteiger partial charge in [-0.25, -0.2) is 0 Å². The Hall–Kier alpha value is -0.545. The van der Waals surface area contributed by atoms with Crippen LogP contribution >= 0.6 is 0 Å². The van der Waals surface area contributed by atoms with Gasteiger partial charge in [0, 0.05) is 12.5 Å². The fraction of sp³-hybridized carbons (Fsp3) is 0.963. The first-order chi connectivity index (χ1) is 15.2. The van der Waals surface area contributed by atoms with E-state index >= 15 is 0 Å². The average molecular weight is 439 g/mol. The number of hydrogen-bond donors (Lipinski definition) is 0. The van der Waals surface area contributed by atoms with Crippen LogP contribution in [0.1, 0.15) is 91.9 Å². The van der Waals surface area contributed by atoms with Crippen LogP contribution in [0.2, 0.25) is 0 Å². The van der Waals surface area contributed by atoms with E-state index in [1.165, 1.54) is 44.9 Å². The van der Waals surface area contributed by atoms with Crippen molar-refractivity contribution in [2.75, 3.05) is 6.54 Å². The molecule has 7 aliphatic carbocycles. The molecule has 2 aliphatic heterocycles. The third-order valence-electron chi connectivity index (χ3n) is 12.2. The number of likely N-dealkylation sites (tertiary alicyclic amines) is 1. The van der Waals surface area contributed by atoms with E-state index < -0.39 is 0 Å². The summed E-state index contributed by atoms with van der Waals surface area (Å²) in [6.07, 6.45) is 13.0. The van der Waals surface area contributed by atoms with Crippen molar-refractivity contribution in [3.8, 4) is 0 Å². The van der Waals surface area contributed by atoms with E-state index in [-0.39, 0.29) is 36.1 Å². The van der Waals surface area contributed by atoms with E-state index in [4.69, 9.17) is 9.31 Å². The molecule has 0 aromatic rings. The van der Waals surface area contributed by atoms with Gasteiger partial charge in [-0.1, -0.05) is 20.8 Å². The molecule has 2 heterocycles. The van der Waals surface area contributed by atoms with E-state index in [2.05, 4.69) is 32.6 Å². The largest absolute Gasteiger partial charge is 0.481 e. The Bertz CT molecular complexity index is 792. The molecule has 0 radical (unpaired) electrons. The Morgan fingerprint density at radius 2 is 1.66 bits per heavy atom. The Labute approximate surface area is 194 Å². The molecule has 0 N–H and O–H groups in total. The van der Waals surface area contributed by atoms with Crippen LogP contribution in [0, 0.1) is 46.3 Å². The second-order valence-electron chi connectivity index (χ2n) is 14.1. The number of nitrogens with zero attached hydrogens (tertiary/aromatic N) is 1. The first kappa shape index (κ1) is 20.8. The van der Waals surface area contributed by atoms with Crippen LogP contribution < -0.4 is 0 Å². The third-order valence-corrected chi connectivity index (χ3v) is 12.2. The molecule has 1 amide bonds. The van der Waals surface area contributed by atoms with Crippen molar-refractivity contribution in [3.05, 3.63) is 0 Å². The van der Waals surface area contributed by atoms with E-state index in [0.29, 0.717) is 17.2 Å². The van der Waals surface area contributed by atoms with Crippen molar-refractivity contribution >= 4 is 13.0 Å². The highest BCUT2D eigenvalue weighted by molar-refractivity contribution is 6.48. The number of carbonyl (C=O) groups is 1. The fourth-order valence-corrected chi connectivity index (χ4v) is 10.6. The van der Waals surface area contributed by atoms with Gasteiger partial charge in [0.15, 0.2) is 0 Å². The van der Waals surface area contributed by atoms with Gasteiger partial charge in [0.1, 0.15) is 0 Å². The lowest BCUT2D eigenvalue weighted by atomic mass is 9.43. The molecule has 32 heavy (non-hydrogen) atoms. The number of amides is 1. The van der Waals surface area contributed by atoms with Crippen LogP contribution in [0.4, 0.5) is 0 Å². The summed E-state index contributed by atoms with van der Waals surface area (Å²) in [5, 5.41) is 0. The zero-order chi connectivity index (χ0) is 22.0. The standard InChI is InChI=1S/C27H42BNO3/c1-16(27-13-17-8-18(14-27)10-19(9-17)15-27)24(30)29-7-5-6-23(29)28-31-22-12-20-11-21(25(20,2)3)26(22,4)32-28/h16-23H,5-15H2,1-4H3/t16-,17?,18?,19?,20+,21+,22-,23+,26+,27?/m1/s1. The molecule has 4 nitrogen and oxygen atoms in total. The summed E-state index contributed by atoms with van der Waals surface area (Å²) >= 11 is 0. The summed E-state index contributed by atoms with van der Waals surface area (Å²) in [7, 11) is -0.227. The molecule has 2 saturated heterocycles. The van der Waals surface area contributed by atoms with Crippen LogP contribution in [0.3, 0.4) is 0 Å². The van der Waals surface area contributed by atoms with Gasteiger partial charge in [0.2, 0.25) is 5.91 Å². The van der Waals surface area contributed by atoms with Crippen molar-refractivity contribution in [2.45, 2.75) is 110 Å². The molecule has 176 valence electrons. The monoisotopic (exact) mass is 439 g/mol. The summed E-state index contributed by atoms with van der Waals surface area (Å²) in [6.45, 7) is 10.3. The lowest BCUT2D eigenvalue weighted by Gasteiger charge is -2.64. The van der Waals surface area contributed by atoms with E-state index in [9.17, 15) is 4.79 Å². The second kappa shape index (κ2) is 6.56. The minimum Gasteiger partial charge on any atom is -0.404 e. The predicted molar refractivity (Wildman–Crippen MR) is 125 cm³/mol. The van der Waals surface area contributed by atoms with E-state index in [1.54, 1.807) is 0 Å². The van der Waals surface area contributed by atoms with Gasteiger partial charge in [-0.05, 0) is 112 Å². The van der Waals surface area contributed by atoms with Crippen molar-refractivity contribution in [3.63, 3.8) is 0 Å². The topological polar surface area (TPSA) is 38.8 Å². The van der Waals surface area contributed by atoms with Crippen molar-refractivity contribution in [1.29, 1.82) is 0 Å². The van der Waals surface area contributed by atoms with Gasteiger partial charge in [0.25, 0.3) is 0 Å². The number of rotatable bonds is 3. The highest BCUT2D eigenvalue weighted by Gasteiger charge is 2.69. The molecule has 9 fully saturated rings. The van der Waals surface area contributed by atoms with Crippen LogP contribution in [-0.2, 0) is 14.1 Å². The highest BCUT2D eigenvalue weighted by atomic mass is 16.7. The van der Waals surface area contributed by atoms with Crippen molar-refractivity contribution < 1.29 is 14.1 Å². The number of carbonyl (C=O) groups excluding carboxylic acids is 1. The maximum absolute atomic E-state index is 14.0. The second-order valence-corrected chi connectivity index (χ2v) is 14.1. The molecule has 0 aromatic carbocycles. The molecule has 6 atom stereocenters. The summed E-state index contributed by atoms with van der Waals surface area (Å²) in [6, 6.07) is 0. The molecule has 5 heteroatoms. The summed E-state index contributed by atoms with van der Waals surface area (Å²) in [4.78, 5) is 16.2. The van der Waals surface area contributed by atoms with Crippen molar-refractivity contribution in [2.24, 2.45) is 46.3 Å². The average Bonchev–Trinajstić information content (AvgIpc) is 3.35. The maximum atomic E-state index is 14.0. The van der Waals surface area contributed by atoms with Gasteiger partial charge >= 0.3 is 7.12 Å². The highest BCUT2D eigenvalue weighted by Crippen LogP contribution is 2.66. The molecule has 9 rings (SSSR count). The Kier molecular flexibility index (Phi) is 4.26. The molecule has 0 unspecified atom stereocenters. The Morgan fingerprint density at radius 1 is 1.00 bits per heavy atom. The van der Waals surface area contributed by atoms with Crippen LogP contribution in [-0.4, -0.2) is 42.1 Å². The maximum Gasteiger partial charge on any atom is 0.481 e. The van der Waals surface area contributed by atoms with Gasteiger partial charge in [-0.3, -0.25) is 4.79 Å². The Balaban J connectivity index is 1.10. The quantitative estimate of drug-likeness (QED) is 0.575. The van der Waals surface area contributed by atoms with Crippen molar-refractivity contribution in [1.82, 2.24) is 4.90 Å². The van der Waals surface area contributed by atoms with Gasteiger partial charge < -0.3 is 14.2 Å². The normalized spacial score (nSPS) is 53.3. The summed E-state index contributed by atoms with van der Waals surface area (Å²) in [5.41, 5.74) is 0.467. The minimum atomic E-state index is -0.227. The first-order valence-corrected chi connectivity index (χ1v) is 13.8. The lowest BCUT2D eigenvalue weighted by molar-refractivity contribution is -0.199. The molecular weight excluding hydrogens is 397 g/mol. The minimum absolute atomic E-state index is 0.113. The summed E-state index contributed by atoms with van der Waals surface area (Å²) in [5.74, 6) is 4.71. The van der Waals surface area contributed by atoms with Crippen LogP contribution in [0.25, 0.3) is 0 Å². The molecule has 9 aliphatic rings. The molecule has 0 spiro atoms. The SMILES string of the molecule is C[C@H](C(=O)N1CCC[C@H]1B1O[C@@H]2C[C@@H]3C[C@@H](C3(C)C)[C@]2(C)O1)C12CC3CC(CC(C3)C1)C2. The van der Waals surface area contributed by atoms with Crippen LogP contribution in [0.15, 0.2) is 0 Å².